The van der Waals surface area contributed by atoms with E-state index < -0.39 is 0 Å². The van der Waals surface area contributed by atoms with Crippen LogP contribution in [0.4, 0.5) is 20.9 Å². The normalized spacial score (nSPS) is 13.5. The van der Waals surface area contributed by atoms with E-state index in [4.69, 9.17) is 9.72 Å². The summed E-state index contributed by atoms with van der Waals surface area (Å²) in [7, 11) is 0. The first-order valence-corrected chi connectivity index (χ1v) is 11.5. The van der Waals surface area contributed by atoms with Gasteiger partial charge in [-0.15, -0.1) is 11.3 Å². The van der Waals surface area contributed by atoms with E-state index in [2.05, 4.69) is 35.3 Å². The number of aromatic nitrogens is 1. The molecule has 3 aromatic carbocycles. The van der Waals surface area contributed by atoms with Gasteiger partial charge in [0, 0.05) is 29.1 Å². The molecule has 0 radical (unpaired) electrons. The maximum absolute atomic E-state index is 14.1. The van der Waals surface area contributed by atoms with Crippen molar-refractivity contribution in [3.05, 3.63) is 83.5 Å². The van der Waals surface area contributed by atoms with Crippen LogP contribution in [0.15, 0.2) is 72.8 Å². The van der Waals surface area contributed by atoms with Crippen LogP contribution in [0.2, 0.25) is 0 Å². The van der Waals surface area contributed by atoms with Gasteiger partial charge in [0.1, 0.15) is 5.82 Å². The van der Waals surface area contributed by atoms with E-state index in [-0.39, 0.29) is 22.8 Å². The lowest BCUT2D eigenvalue weighted by Gasteiger charge is -2.30. The molecule has 0 spiro atoms. The van der Waals surface area contributed by atoms with Gasteiger partial charge in [0.2, 0.25) is 0 Å². The predicted octanol–water partition coefficient (Wildman–Crippen LogP) is 3.51. The SMILES string of the molecule is Cc1sc(Nc2ccccc2N2CCOCC2)nc1-c1ccc(-c2ccccc2F)cc1.[Br-]. The fraction of sp³-hybridized carbons (Fsp3) is 0.192. The number of nitrogens with zero attached hydrogens (tertiary/aromatic N) is 2. The highest BCUT2D eigenvalue weighted by molar-refractivity contribution is 7.16. The molecular weight excluding hydrogens is 501 g/mol. The van der Waals surface area contributed by atoms with Gasteiger partial charge in [-0.3, -0.25) is 0 Å². The second-order valence-corrected chi connectivity index (χ2v) is 8.93. The Morgan fingerprint density at radius 2 is 1.58 bits per heavy atom. The van der Waals surface area contributed by atoms with E-state index in [0.29, 0.717) is 5.56 Å². The number of rotatable bonds is 5. The lowest BCUT2D eigenvalue weighted by molar-refractivity contribution is -0.00000760. The molecule has 7 heteroatoms. The number of para-hydroxylation sites is 2. The van der Waals surface area contributed by atoms with Crippen molar-refractivity contribution in [3.8, 4) is 22.4 Å². The zero-order valence-electron chi connectivity index (χ0n) is 18.2. The quantitative estimate of drug-likeness (QED) is 0.433. The molecule has 0 saturated carbocycles. The third kappa shape index (κ3) is 5.11. The van der Waals surface area contributed by atoms with E-state index in [1.54, 1.807) is 23.5 Å². The Morgan fingerprint density at radius 3 is 2.33 bits per heavy atom. The molecule has 1 fully saturated rings. The van der Waals surface area contributed by atoms with Crippen molar-refractivity contribution < 1.29 is 26.1 Å². The summed E-state index contributed by atoms with van der Waals surface area (Å²) in [5, 5.41) is 4.38. The minimum atomic E-state index is -0.212. The second-order valence-electron chi connectivity index (χ2n) is 7.72. The highest BCUT2D eigenvalue weighted by Gasteiger charge is 2.16. The Labute approximate surface area is 207 Å². The Bertz CT molecular complexity index is 1220. The van der Waals surface area contributed by atoms with Gasteiger partial charge in [0.25, 0.3) is 0 Å². The lowest BCUT2D eigenvalue weighted by atomic mass is 10.0. The van der Waals surface area contributed by atoms with Crippen LogP contribution in [0.3, 0.4) is 0 Å². The Morgan fingerprint density at radius 1 is 0.909 bits per heavy atom. The minimum absolute atomic E-state index is 0. The Balaban J connectivity index is 0.00000259. The minimum Gasteiger partial charge on any atom is -1.00 e. The van der Waals surface area contributed by atoms with Crippen molar-refractivity contribution in [2.45, 2.75) is 6.92 Å². The van der Waals surface area contributed by atoms with Crippen LogP contribution in [0.5, 0.6) is 0 Å². The van der Waals surface area contributed by atoms with Gasteiger partial charge in [-0.2, -0.15) is 0 Å². The summed E-state index contributed by atoms with van der Waals surface area (Å²) >= 11 is 1.64. The summed E-state index contributed by atoms with van der Waals surface area (Å²) in [6.45, 7) is 5.34. The molecule has 4 nitrogen and oxygen atoms in total. The van der Waals surface area contributed by atoms with Crippen LogP contribution in [0, 0.1) is 12.7 Å². The molecule has 0 amide bonds. The number of nitrogens with one attached hydrogen (secondary N) is 1. The summed E-state index contributed by atoms with van der Waals surface area (Å²) in [5.41, 5.74) is 5.65. The molecule has 1 aliphatic rings. The van der Waals surface area contributed by atoms with Crippen LogP contribution >= 0.6 is 11.3 Å². The maximum Gasteiger partial charge on any atom is 0.188 e. The number of thiazole rings is 1. The smallest absolute Gasteiger partial charge is 0.188 e. The van der Waals surface area contributed by atoms with Crippen LogP contribution < -0.4 is 27.2 Å². The number of benzene rings is 3. The summed E-state index contributed by atoms with van der Waals surface area (Å²) in [4.78, 5) is 8.35. The van der Waals surface area contributed by atoms with E-state index in [9.17, 15) is 4.39 Å². The number of aryl methyl sites for hydroxylation is 1. The third-order valence-electron chi connectivity index (χ3n) is 5.64. The molecule has 0 bridgehead atoms. The number of halogens is 2. The van der Waals surface area contributed by atoms with Crippen LogP contribution in [-0.4, -0.2) is 31.3 Å². The van der Waals surface area contributed by atoms with Gasteiger partial charge in [0.05, 0.1) is 30.3 Å². The standard InChI is InChI=1S/C26H24FN3OS.BrH/c1-18-25(20-12-10-19(11-13-20)21-6-2-3-7-22(21)27)29-26(32-18)28-23-8-4-5-9-24(23)30-14-16-31-17-15-30;/h2-13H,14-17H2,1H3,(H,28,29);1H/p-1. The molecule has 170 valence electrons. The predicted molar refractivity (Wildman–Crippen MR) is 130 cm³/mol. The second kappa shape index (κ2) is 10.5. The van der Waals surface area contributed by atoms with Gasteiger partial charge in [0.15, 0.2) is 5.13 Å². The fourth-order valence-corrected chi connectivity index (χ4v) is 4.84. The van der Waals surface area contributed by atoms with Gasteiger partial charge in [-0.1, -0.05) is 54.6 Å². The van der Waals surface area contributed by atoms with Crippen LogP contribution in [0.1, 0.15) is 4.88 Å². The maximum atomic E-state index is 14.1. The average molecular weight is 525 g/mol. The molecule has 0 unspecified atom stereocenters. The average Bonchev–Trinajstić information content (AvgIpc) is 3.20. The molecule has 1 aliphatic heterocycles. The first-order valence-electron chi connectivity index (χ1n) is 10.7. The summed E-state index contributed by atoms with van der Waals surface area (Å²) < 4.78 is 19.6. The highest BCUT2D eigenvalue weighted by Crippen LogP contribution is 2.35. The molecule has 4 aromatic rings. The van der Waals surface area contributed by atoms with Gasteiger partial charge in [-0.05, 0) is 30.7 Å². The largest absolute Gasteiger partial charge is 1.00 e. The van der Waals surface area contributed by atoms with Crippen LogP contribution in [-0.2, 0) is 4.74 Å². The van der Waals surface area contributed by atoms with Crippen molar-refractivity contribution in [1.29, 1.82) is 0 Å². The van der Waals surface area contributed by atoms with Crippen molar-refractivity contribution in [3.63, 3.8) is 0 Å². The summed E-state index contributed by atoms with van der Waals surface area (Å²) in [6.07, 6.45) is 0. The Kier molecular flexibility index (Phi) is 7.42. The van der Waals surface area contributed by atoms with Crippen molar-refractivity contribution in [1.82, 2.24) is 4.98 Å². The molecule has 0 atom stereocenters. The number of morpholine rings is 1. The highest BCUT2D eigenvalue weighted by atomic mass is 79.9. The zero-order valence-corrected chi connectivity index (χ0v) is 20.6. The van der Waals surface area contributed by atoms with Crippen molar-refractivity contribution in [2.24, 2.45) is 0 Å². The van der Waals surface area contributed by atoms with Crippen molar-refractivity contribution >= 4 is 27.8 Å². The zero-order chi connectivity index (χ0) is 21.9. The fourth-order valence-electron chi connectivity index (χ4n) is 4.00. The number of anilines is 3. The van der Waals surface area contributed by atoms with Gasteiger partial charge >= 0.3 is 0 Å². The van der Waals surface area contributed by atoms with E-state index in [1.165, 1.54) is 11.8 Å². The van der Waals surface area contributed by atoms with Gasteiger partial charge in [-0.25, -0.2) is 9.37 Å². The van der Waals surface area contributed by atoms with Crippen molar-refractivity contribution in [2.75, 3.05) is 36.5 Å². The van der Waals surface area contributed by atoms with E-state index in [1.807, 2.05) is 36.4 Å². The summed E-state index contributed by atoms with van der Waals surface area (Å²) in [6, 6.07) is 23.1. The molecule has 2 heterocycles. The molecule has 33 heavy (non-hydrogen) atoms. The molecule has 0 aliphatic carbocycles. The lowest BCUT2D eigenvalue weighted by Crippen LogP contribution is -3.00. The molecule has 1 aromatic heterocycles. The third-order valence-corrected chi connectivity index (χ3v) is 6.52. The number of hydrogen-bond acceptors (Lipinski definition) is 5. The van der Waals surface area contributed by atoms with E-state index in [0.717, 1.165) is 58.8 Å². The topological polar surface area (TPSA) is 37.4 Å². The first kappa shape index (κ1) is 23.4. The monoisotopic (exact) mass is 524 g/mol. The molecular formula is C26H24BrFN3OS-. The summed E-state index contributed by atoms with van der Waals surface area (Å²) in [5.74, 6) is -0.212. The number of ether oxygens (including phenoxy) is 1. The Hall–Kier alpha value is -2.74. The van der Waals surface area contributed by atoms with E-state index >= 15 is 0 Å². The van der Waals surface area contributed by atoms with Gasteiger partial charge < -0.3 is 31.9 Å². The molecule has 1 saturated heterocycles. The first-order chi connectivity index (χ1) is 15.7. The van der Waals surface area contributed by atoms with Crippen LogP contribution in [0.25, 0.3) is 22.4 Å². The molecule has 1 N–H and O–H groups in total. The molecule has 5 rings (SSSR count). The number of hydrogen-bond donors (Lipinski definition) is 1.